The molecule has 0 amide bonds. The van der Waals surface area contributed by atoms with Crippen molar-refractivity contribution >= 4 is 5.96 Å². The predicted molar refractivity (Wildman–Crippen MR) is 109 cm³/mol. The van der Waals surface area contributed by atoms with Crippen LogP contribution in [0.2, 0.25) is 0 Å². The highest BCUT2D eigenvalue weighted by atomic mass is 16.7. The van der Waals surface area contributed by atoms with Gasteiger partial charge in [-0.15, -0.1) is 0 Å². The normalized spacial score (nSPS) is 22.1. The Balaban J connectivity index is 1.40. The zero-order valence-electron chi connectivity index (χ0n) is 17.4. The van der Waals surface area contributed by atoms with Gasteiger partial charge in [0.2, 0.25) is 6.79 Å². The van der Waals surface area contributed by atoms with Gasteiger partial charge in [0.1, 0.15) is 12.4 Å². The van der Waals surface area contributed by atoms with Gasteiger partial charge in [-0.1, -0.05) is 20.8 Å². The highest BCUT2D eigenvalue weighted by molar-refractivity contribution is 5.79. The van der Waals surface area contributed by atoms with Crippen LogP contribution in [0.25, 0.3) is 0 Å². The topological polar surface area (TPSA) is 73.3 Å². The van der Waals surface area contributed by atoms with Crippen molar-refractivity contribution in [3.05, 3.63) is 18.2 Å². The van der Waals surface area contributed by atoms with E-state index in [2.05, 4.69) is 36.4 Å². The van der Waals surface area contributed by atoms with Crippen molar-refractivity contribution in [2.24, 2.45) is 16.3 Å². The van der Waals surface area contributed by atoms with Gasteiger partial charge in [-0.25, -0.2) is 0 Å². The molecule has 2 heterocycles. The van der Waals surface area contributed by atoms with Crippen molar-refractivity contribution < 1.29 is 18.9 Å². The summed E-state index contributed by atoms with van der Waals surface area (Å²) in [4.78, 5) is 4.31. The summed E-state index contributed by atoms with van der Waals surface area (Å²) < 4.78 is 22.5. The first kappa shape index (κ1) is 20.6. The van der Waals surface area contributed by atoms with Gasteiger partial charge in [0, 0.05) is 32.2 Å². The fraction of sp³-hybridized carbons (Fsp3) is 0.667. The SMILES string of the molecule is CN=C(NCCOc1ccc2c(c1)OCO2)NCC1CCCOC1C(C)(C)C. The van der Waals surface area contributed by atoms with Crippen molar-refractivity contribution in [3.8, 4) is 17.2 Å². The summed E-state index contributed by atoms with van der Waals surface area (Å²) in [6.07, 6.45) is 2.56. The van der Waals surface area contributed by atoms with E-state index in [1.165, 1.54) is 6.42 Å². The molecular weight excluding hydrogens is 358 g/mol. The Bertz CT molecular complexity index is 672. The molecule has 2 N–H and O–H groups in total. The number of fused-ring (bicyclic) bond motifs is 1. The average molecular weight is 392 g/mol. The number of nitrogens with zero attached hydrogens (tertiary/aromatic N) is 1. The molecule has 0 aromatic heterocycles. The monoisotopic (exact) mass is 391 g/mol. The van der Waals surface area contributed by atoms with Crippen LogP contribution >= 0.6 is 0 Å². The van der Waals surface area contributed by atoms with Crippen LogP contribution in [-0.2, 0) is 4.74 Å². The molecule has 0 aliphatic carbocycles. The molecule has 0 spiro atoms. The molecule has 2 atom stereocenters. The van der Waals surface area contributed by atoms with Gasteiger partial charge in [0.15, 0.2) is 17.5 Å². The van der Waals surface area contributed by atoms with Gasteiger partial charge in [0.25, 0.3) is 0 Å². The van der Waals surface area contributed by atoms with Crippen molar-refractivity contribution in [2.75, 3.05) is 40.1 Å². The summed E-state index contributed by atoms with van der Waals surface area (Å²) >= 11 is 0. The lowest BCUT2D eigenvalue weighted by molar-refractivity contribution is -0.0835. The van der Waals surface area contributed by atoms with Crippen molar-refractivity contribution in [3.63, 3.8) is 0 Å². The number of nitrogens with one attached hydrogen (secondary N) is 2. The quantitative estimate of drug-likeness (QED) is 0.441. The summed E-state index contributed by atoms with van der Waals surface area (Å²) in [5, 5.41) is 6.74. The average Bonchev–Trinajstić information content (AvgIpc) is 3.15. The van der Waals surface area contributed by atoms with Crippen LogP contribution in [0, 0.1) is 11.3 Å². The fourth-order valence-corrected chi connectivity index (χ4v) is 3.76. The zero-order valence-corrected chi connectivity index (χ0v) is 17.4. The Morgan fingerprint density at radius 2 is 2.04 bits per heavy atom. The minimum absolute atomic E-state index is 0.141. The van der Waals surface area contributed by atoms with Gasteiger partial charge in [-0.05, 0) is 30.4 Å². The maximum Gasteiger partial charge on any atom is 0.231 e. The second-order valence-electron chi connectivity index (χ2n) is 8.30. The maximum atomic E-state index is 6.06. The molecule has 7 heteroatoms. The second-order valence-corrected chi connectivity index (χ2v) is 8.30. The fourth-order valence-electron chi connectivity index (χ4n) is 3.76. The summed E-state index contributed by atoms with van der Waals surface area (Å²) in [5.74, 6) is 3.52. The van der Waals surface area contributed by atoms with Gasteiger partial charge in [-0.3, -0.25) is 4.99 Å². The Hall–Kier alpha value is -2.15. The van der Waals surface area contributed by atoms with Gasteiger partial charge < -0.3 is 29.6 Å². The van der Waals surface area contributed by atoms with Gasteiger partial charge >= 0.3 is 0 Å². The maximum absolute atomic E-state index is 6.06. The van der Waals surface area contributed by atoms with Crippen LogP contribution in [0.5, 0.6) is 17.2 Å². The van der Waals surface area contributed by atoms with Crippen molar-refractivity contribution in [1.82, 2.24) is 10.6 Å². The largest absolute Gasteiger partial charge is 0.492 e. The van der Waals surface area contributed by atoms with Crippen LogP contribution in [0.4, 0.5) is 0 Å². The first-order chi connectivity index (χ1) is 13.5. The Morgan fingerprint density at radius 1 is 1.21 bits per heavy atom. The van der Waals surface area contributed by atoms with Crippen LogP contribution in [0.3, 0.4) is 0 Å². The van der Waals surface area contributed by atoms with E-state index in [1.54, 1.807) is 7.05 Å². The van der Waals surface area contributed by atoms with E-state index in [4.69, 9.17) is 18.9 Å². The summed E-state index contributed by atoms with van der Waals surface area (Å²) in [5.41, 5.74) is 0.141. The van der Waals surface area contributed by atoms with E-state index in [0.29, 0.717) is 19.1 Å². The standard InChI is InChI=1S/C21H33N3O4/c1-21(2,3)19-15(6-5-10-26-19)13-24-20(22-4)23-9-11-25-16-7-8-17-18(12-16)28-14-27-17/h7-8,12,15,19H,5-6,9-11,13-14H2,1-4H3,(H2,22,23,24). The number of hydrogen-bond acceptors (Lipinski definition) is 5. The van der Waals surface area contributed by atoms with Crippen LogP contribution in [-0.4, -0.2) is 52.2 Å². The number of guanidine groups is 1. The number of benzene rings is 1. The minimum atomic E-state index is 0.141. The second kappa shape index (κ2) is 9.37. The summed E-state index contributed by atoms with van der Waals surface area (Å²) in [6, 6.07) is 5.60. The third-order valence-corrected chi connectivity index (χ3v) is 5.06. The number of aliphatic imine (C=N–C) groups is 1. The lowest BCUT2D eigenvalue weighted by Crippen LogP contribution is -2.48. The zero-order chi connectivity index (χ0) is 20.0. The third-order valence-electron chi connectivity index (χ3n) is 5.06. The van der Waals surface area contributed by atoms with Crippen LogP contribution in [0.1, 0.15) is 33.6 Å². The smallest absolute Gasteiger partial charge is 0.231 e. The van der Waals surface area contributed by atoms with E-state index in [1.807, 2.05) is 18.2 Å². The molecule has 156 valence electrons. The van der Waals surface area contributed by atoms with Crippen LogP contribution in [0.15, 0.2) is 23.2 Å². The molecule has 7 nitrogen and oxygen atoms in total. The molecule has 0 saturated carbocycles. The van der Waals surface area contributed by atoms with E-state index < -0.39 is 0 Å². The molecule has 3 rings (SSSR count). The molecule has 1 saturated heterocycles. The van der Waals surface area contributed by atoms with E-state index in [-0.39, 0.29) is 18.3 Å². The highest BCUT2D eigenvalue weighted by Crippen LogP contribution is 2.35. The first-order valence-electron chi connectivity index (χ1n) is 10.1. The van der Waals surface area contributed by atoms with Gasteiger partial charge in [0.05, 0.1) is 12.6 Å². The molecule has 2 aliphatic rings. The van der Waals surface area contributed by atoms with E-state index in [9.17, 15) is 0 Å². The highest BCUT2D eigenvalue weighted by Gasteiger charge is 2.35. The minimum Gasteiger partial charge on any atom is -0.492 e. The molecule has 1 fully saturated rings. The summed E-state index contributed by atoms with van der Waals surface area (Å²) in [6.45, 7) is 9.90. The van der Waals surface area contributed by atoms with Crippen molar-refractivity contribution in [2.45, 2.75) is 39.7 Å². The van der Waals surface area contributed by atoms with Gasteiger partial charge in [-0.2, -0.15) is 0 Å². The van der Waals surface area contributed by atoms with Crippen molar-refractivity contribution in [1.29, 1.82) is 0 Å². The molecule has 1 aromatic rings. The number of ether oxygens (including phenoxy) is 4. The van der Waals surface area contributed by atoms with E-state index >= 15 is 0 Å². The Labute approximate surface area is 167 Å². The first-order valence-corrected chi connectivity index (χ1v) is 10.1. The van der Waals surface area contributed by atoms with Crippen LogP contribution < -0.4 is 24.8 Å². The number of hydrogen-bond donors (Lipinski definition) is 2. The molecule has 1 aromatic carbocycles. The lowest BCUT2D eigenvalue weighted by atomic mass is 9.78. The Kier molecular flexibility index (Phi) is 6.88. The lowest BCUT2D eigenvalue weighted by Gasteiger charge is -2.40. The number of rotatable bonds is 6. The predicted octanol–water partition coefficient (Wildman–Crippen LogP) is 2.80. The molecule has 2 unspecified atom stereocenters. The molecule has 0 radical (unpaired) electrons. The molecular formula is C21H33N3O4. The summed E-state index contributed by atoms with van der Waals surface area (Å²) in [7, 11) is 1.78. The molecule has 0 bridgehead atoms. The molecule has 2 aliphatic heterocycles. The Morgan fingerprint density at radius 3 is 2.82 bits per heavy atom. The molecule has 28 heavy (non-hydrogen) atoms. The third kappa shape index (κ3) is 5.44. The van der Waals surface area contributed by atoms with E-state index in [0.717, 1.165) is 42.8 Å².